The molecular formula is C25H30F3NO. The monoisotopic (exact) mass is 417 g/mol. The number of hydrogen-bond acceptors (Lipinski definition) is 2. The highest BCUT2D eigenvalue weighted by Gasteiger charge is 2.34. The van der Waals surface area contributed by atoms with Crippen LogP contribution in [0.15, 0.2) is 48.5 Å². The van der Waals surface area contributed by atoms with Crippen molar-refractivity contribution in [2.75, 3.05) is 13.1 Å². The Labute approximate surface area is 177 Å². The topological polar surface area (TPSA) is 20.3 Å². The van der Waals surface area contributed by atoms with Crippen LogP contribution in [0.5, 0.6) is 0 Å². The number of likely N-dealkylation sites (tertiary alicyclic amines) is 1. The standard InChI is InChI=1S/C25H30F3NO/c1-18(30)24(2,3)29-16-14-20(15-17-29)5-4-19-6-8-21(9-7-19)22-10-12-23(13-11-22)25(26,27)28/h6-13,20H,4-5,14-17H2,1-3H3. The summed E-state index contributed by atoms with van der Waals surface area (Å²) in [5.41, 5.74) is 1.96. The van der Waals surface area contributed by atoms with Crippen LogP contribution in [0.2, 0.25) is 0 Å². The Morgan fingerprint density at radius 2 is 1.43 bits per heavy atom. The van der Waals surface area contributed by atoms with E-state index in [4.69, 9.17) is 0 Å². The molecule has 0 atom stereocenters. The van der Waals surface area contributed by atoms with Gasteiger partial charge in [0.1, 0.15) is 5.78 Å². The number of aryl methyl sites for hydroxylation is 1. The van der Waals surface area contributed by atoms with Crippen molar-refractivity contribution in [3.63, 3.8) is 0 Å². The van der Waals surface area contributed by atoms with Crippen molar-refractivity contribution >= 4 is 5.78 Å². The third-order valence-electron chi connectivity index (χ3n) is 6.61. The quantitative estimate of drug-likeness (QED) is 0.543. The molecule has 1 fully saturated rings. The molecule has 3 rings (SSSR count). The van der Waals surface area contributed by atoms with Crippen molar-refractivity contribution < 1.29 is 18.0 Å². The smallest absolute Gasteiger partial charge is 0.298 e. The number of nitrogens with zero attached hydrogens (tertiary/aromatic N) is 1. The second kappa shape index (κ2) is 8.93. The molecule has 2 aromatic rings. The Balaban J connectivity index is 1.52. The van der Waals surface area contributed by atoms with Crippen molar-refractivity contribution in [2.45, 2.75) is 58.2 Å². The Morgan fingerprint density at radius 1 is 0.933 bits per heavy atom. The molecule has 0 saturated carbocycles. The van der Waals surface area contributed by atoms with Crippen LogP contribution in [0.1, 0.15) is 51.2 Å². The first-order chi connectivity index (χ1) is 14.1. The van der Waals surface area contributed by atoms with Crippen LogP contribution in [0.25, 0.3) is 11.1 Å². The molecule has 1 saturated heterocycles. The lowest BCUT2D eigenvalue weighted by Crippen LogP contribution is -2.52. The van der Waals surface area contributed by atoms with E-state index in [2.05, 4.69) is 17.0 Å². The number of rotatable bonds is 6. The maximum Gasteiger partial charge on any atom is 0.416 e. The fourth-order valence-corrected chi connectivity index (χ4v) is 4.09. The molecule has 0 N–H and O–H groups in total. The van der Waals surface area contributed by atoms with Gasteiger partial charge in [0.05, 0.1) is 11.1 Å². The van der Waals surface area contributed by atoms with Gasteiger partial charge >= 0.3 is 6.18 Å². The maximum atomic E-state index is 12.7. The molecule has 30 heavy (non-hydrogen) atoms. The predicted molar refractivity (Wildman–Crippen MR) is 114 cm³/mol. The van der Waals surface area contributed by atoms with Crippen molar-refractivity contribution in [2.24, 2.45) is 5.92 Å². The lowest BCUT2D eigenvalue weighted by Gasteiger charge is -2.41. The molecule has 2 aromatic carbocycles. The van der Waals surface area contributed by atoms with E-state index in [1.807, 2.05) is 26.0 Å². The third kappa shape index (κ3) is 5.31. The molecule has 0 bridgehead atoms. The van der Waals surface area contributed by atoms with Gasteiger partial charge in [0.25, 0.3) is 0 Å². The number of hydrogen-bond donors (Lipinski definition) is 0. The Kier molecular flexibility index (Phi) is 6.71. The first-order valence-corrected chi connectivity index (χ1v) is 10.6. The fraction of sp³-hybridized carbons (Fsp3) is 0.480. The lowest BCUT2D eigenvalue weighted by atomic mass is 9.87. The second-order valence-electron chi connectivity index (χ2n) is 8.86. The van der Waals surface area contributed by atoms with Gasteiger partial charge in [0.2, 0.25) is 0 Å². The summed E-state index contributed by atoms with van der Waals surface area (Å²) in [4.78, 5) is 14.2. The largest absolute Gasteiger partial charge is 0.416 e. The minimum absolute atomic E-state index is 0.217. The number of carbonyl (C=O) groups is 1. The highest BCUT2D eigenvalue weighted by Crippen LogP contribution is 2.31. The third-order valence-corrected chi connectivity index (χ3v) is 6.61. The van der Waals surface area contributed by atoms with E-state index in [0.717, 1.165) is 62.0 Å². The molecule has 0 unspecified atom stereocenters. The molecule has 0 aromatic heterocycles. The normalized spacial score (nSPS) is 16.6. The van der Waals surface area contributed by atoms with Gasteiger partial charge in [-0.15, -0.1) is 0 Å². The summed E-state index contributed by atoms with van der Waals surface area (Å²) >= 11 is 0. The van der Waals surface area contributed by atoms with Crippen LogP contribution in [0.4, 0.5) is 13.2 Å². The number of piperidine rings is 1. The lowest BCUT2D eigenvalue weighted by molar-refractivity contribution is -0.137. The number of ketones is 1. The van der Waals surface area contributed by atoms with Crippen molar-refractivity contribution in [3.05, 3.63) is 59.7 Å². The SMILES string of the molecule is CC(=O)C(C)(C)N1CCC(CCc2ccc(-c3ccc(C(F)(F)F)cc3)cc2)CC1. The van der Waals surface area contributed by atoms with Gasteiger partial charge in [-0.2, -0.15) is 13.2 Å². The summed E-state index contributed by atoms with van der Waals surface area (Å²) in [7, 11) is 0. The first-order valence-electron chi connectivity index (χ1n) is 10.6. The van der Waals surface area contributed by atoms with Gasteiger partial charge in [-0.05, 0) is 94.3 Å². The molecule has 0 amide bonds. The Bertz CT molecular complexity index is 845. The van der Waals surface area contributed by atoms with E-state index in [1.165, 1.54) is 17.7 Å². The van der Waals surface area contributed by atoms with Crippen molar-refractivity contribution in [1.29, 1.82) is 0 Å². The van der Waals surface area contributed by atoms with Gasteiger partial charge in [0, 0.05) is 0 Å². The summed E-state index contributed by atoms with van der Waals surface area (Å²) in [5.74, 6) is 0.882. The van der Waals surface area contributed by atoms with Crippen LogP contribution in [0.3, 0.4) is 0 Å². The summed E-state index contributed by atoms with van der Waals surface area (Å²) in [6.45, 7) is 7.61. The number of carbonyl (C=O) groups excluding carboxylic acids is 1. The molecule has 1 heterocycles. The van der Waals surface area contributed by atoms with Crippen LogP contribution < -0.4 is 0 Å². The van der Waals surface area contributed by atoms with Gasteiger partial charge < -0.3 is 0 Å². The predicted octanol–water partition coefficient (Wildman–Crippen LogP) is 6.38. The summed E-state index contributed by atoms with van der Waals surface area (Å²) in [6, 6.07) is 13.4. The number of halogens is 3. The molecule has 1 aliphatic rings. The van der Waals surface area contributed by atoms with E-state index in [9.17, 15) is 18.0 Å². The molecule has 0 aliphatic carbocycles. The first kappa shape index (κ1) is 22.5. The molecule has 0 radical (unpaired) electrons. The zero-order chi connectivity index (χ0) is 21.9. The molecule has 162 valence electrons. The second-order valence-corrected chi connectivity index (χ2v) is 8.86. The van der Waals surface area contributed by atoms with E-state index in [0.29, 0.717) is 5.92 Å². The van der Waals surface area contributed by atoms with E-state index in [1.54, 1.807) is 6.92 Å². The summed E-state index contributed by atoms with van der Waals surface area (Å²) in [5, 5.41) is 0. The van der Waals surface area contributed by atoms with Crippen LogP contribution in [-0.4, -0.2) is 29.3 Å². The maximum absolute atomic E-state index is 12.7. The summed E-state index contributed by atoms with van der Waals surface area (Å²) in [6.07, 6.45) is 0.0308. The minimum Gasteiger partial charge on any atom is -0.298 e. The van der Waals surface area contributed by atoms with Gasteiger partial charge in [-0.1, -0.05) is 36.4 Å². The Morgan fingerprint density at radius 3 is 1.90 bits per heavy atom. The molecule has 1 aliphatic heterocycles. The average molecular weight is 418 g/mol. The zero-order valence-electron chi connectivity index (χ0n) is 17.9. The van der Waals surface area contributed by atoms with Crippen molar-refractivity contribution in [3.8, 4) is 11.1 Å². The van der Waals surface area contributed by atoms with Crippen LogP contribution in [0, 0.1) is 5.92 Å². The van der Waals surface area contributed by atoms with E-state index >= 15 is 0 Å². The fourth-order valence-electron chi connectivity index (χ4n) is 4.09. The summed E-state index contributed by atoms with van der Waals surface area (Å²) < 4.78 is 38.1. The van der Waals surface area contributed by atoms with Gasteiger partial charge in [-0.3, -0.25) is 9.69 Å². The minimum atomic E-state index is -4.31. The molecule has 2 nitrogen and oxygen atoms in total. The van der Waals surface area contributed by atoms with Crippen LogP contribution in [-0.2, 0) is 17.4 Å². The molecule has 5 heteroatoms. The van der Waals surface area contributed by atoms with Gasteiger partial charge in [0.15, 0.2) is 0 Å². The molecule has 0 spiro atoms. The average Bonchev–Trinajstić information content (AvgIpc) is 2.72. The van der Waals surface area contributed by atoms with Gasteiger partial charge in [-0.25, -0.2) is 0 Å². The van der Waals surface area contributed by atoms with Crippen LogP contribution >= 0.6 is 0 Å². The highest BCUT2D eigenvalue weighted by atomic mass is 19.4. The number of benzene rings is 2. The highest BCUT2D eigenvalue weighted by molar-refractivity contribution is 5.85. The van der Waals surface area contributed by atoms with E-state index < -0.39 is 11.7 Å². The molecular weight excluding hydrogens is 387 g/mol. The number of Topliss-reactive ketones (excluding diaryl/α,β-unsaturated/α-hetero) is 1. The van der Waals surface area contributed by atoms with E-state index in [-0.39, 0.29) is 11.3 Å². The zero-order valence-corrected chi connectivity index (χ0v) is 17.9. The number of alkyl halides is 3. The Hall–Kier alpha value is -2.14. The van der Waals surface area contributed by atoms with Crippen molar-refractivity contribution in [1.82, 2.24) is 4.90 Å².